The monoisotopic (exact) mass is 296 g/mol. The van der Waals surface area contributed by atoms with Crippen molar-refractivity contribution in [3.05, 3.63) is 60.1 Å². The lowest BCUT2D eigenvalue weighted by Gasteiger charge is -2.17. The normalized spacial score (nSPS) is 14.6. The van der Waals surface area contributed by atoms with E-state index in [9.17, 15) is 4.79 Å². The second-order valence-corrected chi connectivity index (χ2v) is 5.43. The van der Waals surface area contributed by atoms with E-state index in [2.05, 4.69) is 34.5 Å². The molecule has 1 aliphatic rings. The number of hydrogen-bond donors (Lipinski definition) is 1. The summed E-state index contributed by atoms with van der Waals surface area (Å²) in [5.41, 5.74) is 2.37. The van der Waals surface area contributed by atoms with E-state index in [4.69, 9.17) is 4.42 Å². The minimum absolute atomic E-state index is 0.125. The van der Waals surface area contributed by atoms with Gasteiger partial charge >= 0.3 is 0 Å². The molecule has 2 heterocycles. The fraction of sp³-hybridized carbons (Fsp3) is 0.278. The molecular weight excluding hydrogens is 276 g/mol. The molecule has 1 amide bonds. The molecule has 0 saturated carbocycles. The minimum Gasteiger partial charge on any atom is -0.465 e. The number of anilines is 1. The van der Waals surface area contributed by atoms with Crippen molar-refractivity contribution in [2.45, 2.75) is 19.4 Å². The van der Waals surface area contributed by atoms with Crippen LogP contribution >= 0.6 is 0 Å². The number of benzene rings is 1. The molecule has 1 fully saturated rings. The summed E-state index contributed by atoms with van der Waals surface area (Å²) >= 11 is 0. The minimum atomic E-state index is -0.125. The molecule has 0 atom stereocenters. The molecule has 1 aliphatic heterocycles. The van der Waals surface area contributed by atoms with E-state index in [0.717, 1.165) is 18.7 Å². The molecule has 0 spiro atoms. The van der Waals surface area contributed by atoms with Gasteiger partial charge in [-0.1, -0.05) is 12.1 Å². The third-order valence-corrected chi connectivity index (χ3v) is 3.82. The van der Waals surface area contributed by atoms with Gasteiger partial charge in [0.25, 0.3) is 0 Å². The standard InChI is InChI=1S/C18H20N2O2/c21-18(10-9-17-4-3-13-22-17)19-14-15-5-7-16(8-6-15)20-11-1-2-12-20/h3-10,13H,1-2,11-12,14H2,(H,19,21). The highest BCUT2D eigenvalue weighted by Gasteiger charge is 2.11. The van der Waals surface area contributed by atoms with Gasteiger partial charge in [0.05, 0.1) is 6.26 Å². The average Bonchev–Trinajstić information content (AvgIpc) is 3.24. The van der Waals surface area contributed by atoms with Gasteiger partial charge in [-0.05, 0) is 48.7 Å². The number of carbonyl (C=O) groups is 1. The van der Waals surface area contributed by atoms with Crippen molar-refractivity contribution in [2.24, 2.45) is 0 Å². The van der Waals surface area contributed by atoms with Crippen LogP contribution in [-0.2, 0) is 11.3 Å². The maximum Gasteiger partial charge on any atom is 0.244 e. The van der Waals surface area contributed by atoms with E-state index in [0.29, 0.717) is 12.3 Å². The Kier molecular flexibility index (Phi) is 4.59. The molecular formula is C18H20N2O2. The Balaban J connectivity index is 1.49. The summed E-state index contributed by atoms with van der Waals surface area (Å²) in [4.78, 5) is 14.1. The number of hydrogen-bond acceptors (Lipinski definition) is 3. The van der Waals surface area contributed by atoms with Crippen LogP contribution in [0.3, 0.4) is 0 Å². The van der Waals surface area contributed by atoms with Crippen molar-refractivity contribution in [1.29, 1.82) is 0 Å². The Hall–Kier alpha value is -2.49. The Morgan fingerprint density at radius 1 is 1.18 bits per heavy atom. The Labute approximate surface area is 130 Å². The topological polar surface area (TPSA) is 45.5 Å². The molecule has 4 nitrogen and oxygen atoms in total. The van der Waals surface area contributed by atoms with Gasteiger partial charge in [-0.25, -0.2) is 0 Å². The first-order valence-corrected chi connectivity index (χ1v) is 7.64. The average molecular weight is 296 g/mol. The summed E-state index contributed by atoms with van der Waals surface area (Å²) in [7, 11) is 0. The van der Waals surface area contributed by atoms with Crippen molar-refractivity contribution in [3.63, 3.8) is 0 Å². The Morgan fingerprint density at radius 2 is 1.95 bits per heavy atom. The van der Waals surface area contributed by atoms with Gasteiger partial charge in [0, 0.05) is 31.4 Å². The summed E-state index contributed by atoms with van der Waals surface area (Å²) in [5.74, 6) is 0.546. The van der Waals surface area contributed by atoms with Crippen molar-refractivity contribution in [3.8, 4) is 0 Å². The smallest absolute Gasteiger partial charge is 0.244 e. The van der Waals surface area contributed by atoms with Gasteiger partial charge in [0.2, 0.25) is 5.91 Å². The number of furan rings is 1. The molecule has 0 bridgehead atoms. The first-order chi connectivity index (χ1) is 10.8. The highest BCUT2D eigenvalue weighted by Crippen LogP contribution is 2.20. The molecule has 2 aromatic rings. The predicted molar refractivity (Wildman–Crippen MR) is 87.5 cm³/mol. The molecule has 1 saturated heterocycles. The van der Waals surface area contributed by atoms with Gasteiger partial charge in [0.1, 0.15) is 5.76 Å². The molecule has 0 unspecified atom stereocenters. The molecule has 1 aromatic heterocycles. The van der Waals surface area contributed by atoms with E-state index < -0.39 is 0 Å². The molecule has 114 valence electrons. The van der Waals surface area contributed by atoms with E-state index in [1.54, 1.807) is 24.5 Å². The van der Waals surface area contributed by atoms with Gasteiger partial charge in [-0.15, -0.1) is 0 Å². The summed E-state index contributed by atoms with van der Waals surface area (Å²) in [6.07, 6.45) is 7.28. The maximum atomic E-state index is 11.7. The first kappa shape index (κ1) is 14.4. The lowest BCUT2D eigenvalue weighted by molar-refractivity contribution is -0.116. The SMILES string of the molecule is O=C(C=Cc1ccco1)NCc1ccc(N2CCCC2)cc1. The number of rotatable bonds is 5. The zero-order chi connectivity index (χ0) is 15.2. The van der Waals surface area contributed by atoms with Crippen LogP contribution in [0.25, 0.3) is 6.08 Å². The van der Waals surface area contributed by atoms with Gasteiger partial charge < -0.3 is 14.6 Å². The third kappa shape index (κ3) is 3.79. The number of nitrogens with one attached hydrogen (secondary N) is 1. The predicted octanol–water partition coefficient (Wildman–Crippen LogP) is 3.21. The van der Waals surface area contributed by atoms with Crippen LogP contribution in [0.5, 0.6) is 0 Å². The largest absolute Gasteiger partial charge is 0.465 e. The van der Waals surface area contributed by atoms with Crippen LogP contribution < -0.4 is 10.2 Å². The van der Waals surface area contributed by atoms with Gasteiger partial charge in [-0.2, -0.15) is 0 Å². The number of amides is 1. The highest BCUT2D eigenvalue weighted by molar-refractivity contribution is 5.91. The van der Waals surface area contributed by atoms with Crippen LogP contribution in [0.4, 0.5) is 5.69 Å². The molecule has 1 N–H and O–H groups in total. The molecule has 1 aromatic carbocycles. The zero-order valence-electron chi connectivity index (χ0n) is 12.5. The fourth-order valence-electron chi connectivity index (χ4n) is 2.59. The number of carbonyl (C=O) groups excluding carboxylic acids is 1. The van der Waals surface area contributed by atoms with Crippen molar-refractivity contribution >= 4 is 17.7 Å². The van der Waals surface area contributed by atoms with E-state index in [1.807, 2.05) is 0 Å². The fourth-order valence-corrected chi connectivity index (χ4v) is 2.59. The Morgan fingerprint density at radius 3 is 2.64 bits per heavy atom. The molecule has 4 heteroatoms. The quantitative estimate of drug-likeness (QED) is 0.862. The molecule has 0 radical (unpaired) electrons. The summed E-state index contributed by atoms with van der Waals surface area (Å²) in [6.45, 7) is 2.82. The van der Waals surface area contributed by atoms with E-state index in [-0.39, 0.29) is 5.91 Å². The lowest BCUT2D eigenvalue weighted by Crippen LogP contribution is -2.20. The van der Waals surface area contributed by atoms with Crippen LogP contribution in [-0.4, -0.2) is 19.0 Å². The summed E-state index contributed by atoms with van der Waals surface area (Å²) < 4.78 is 5.14. The van der Waals surface area contributed by atoms with Crippen molar-refractivity contribution in [1.82, 2.24) is 5.32 Å². The third-order valence-electron chi connectivity index (χ3n) is 3.82. The summed E-state index contributed by atoms with van der Waals surface area (Å²) in [5, 5.41) is 2.87. The van der Waals surface area contributed by atoms with Crippen LogP contribution in [0, 0.1) is 0 Å². The van der Waals surface area contributed by atoms with Crippen LogP contribution in [0.1, 0.15) is 24.2 Å². The molecule has 22 heavy (non-hydrogen) atoms. The second kappa shape index (κ2) is 6.98. The zero-order valence-corrected chi connectivity index (χ0v) is 12.5. The van der Waals surface area contributed by atoms with E-state index >= 15 is 0 Å². The van der Waals surface area contributed by atoms with Gasteiger partial charge in [0.15, 0.2) is 0 Å². The lowest BCUT2D eigenvalue weighted by atomic mass is 10.2. The van der Waals surface area contributed by atoms with Crippen molar-refractivity contribution < 1.29 is 9.21 Å². The first-order valence-electron chi connectivity index (χ1n) is 7.64. The number of nitrogens with zero attached hydrogens (tertiary/aromatic N) is 1. The van der Waals surface area contributed by atoms with Gasteiger partial charge in [-0.3, -0.25) is 4.79 Å². The molecule has 3 rings (SSSR count). The van der Waals surface area contributed by atoms with Crippen LogP contribution in [0.2, 0.25) is 0 Å². The second-order valence-electron chi connectivity index (χ2n) is 5.43. The van der Waals surface area contributed by atoms with E-state index in [1.165, 1.54) is 24.6 Å². The summed E-state index contributed by atoms with van der Waals surface area (Å²) in [6, 6.07) is 12.0. The maximum absolute atomic E-state index is 11.7. The Bertz CT molecular complexity index is 624. The molecule has 0 aliphatic carbocycles. The highest BCUT2D eigenvalue weighted by atomic mass is 16.3. The van der Waals surface area contributed by atoms with Crippen LogP contribution in [0.15, 0.2) is 53.2 Å². The van der Waals surface area contributed by atoms with Crippen molar-refractivity contribution in [2.75, 3.05) is 18.0 Å².